The molecular formula is C24H35N3O3+2. The van der Waals surface area contributed by atoms with Gasteiger partial charge in [-0.05, 0) is 37.1 Å². The van der Waals surface area contributed by atoms with Crippen LogP contribution in [-0.4, -0.2) is 52.9 Å². The molecule has 1 aliphatic heterocycles. The summed E-state index contributed by atoms with van der Waals surface area (Å²) in [4.78, 5) is 15.4. The summed E-state index contributed by atoms with van der Waals surface area (Å²) < 4.78 is 10.9. The van der Waals surface area contributed by atoms with Gasteiger partial charge in [0.05, 0.1) is 20.3 Å². The Bertz CT molecular complexity index is 833. The van der Waals surface area contributed by atoms with E-state index in [-0.39, 0.29) is 11.9 Å². The number of carbonyl (C=O) groups excluding carboxylic acids is 1. The summed E-state index contributed by atoms with van der Waals surface area (Å²) in [6, 6.07) is 14.3. The van der Waals surface area contributed by atoms with E-state index in [9.17, 15) is 4.79 Å². The van der Waals surface area contributed by atoms with Gasteiger partial charge < -0.3 is 24.6 Å². The van der Waals surface area contributed by atoms with Crippen molar-refractivity contribution < 1.29 is 24.1 Å². The van der Waals surface area contributed by atoms with Crippen molar-refractivity contribution in [3.05, 3.63) is 59.2 Å². The Labute approximate surface area is 179 Å². The summed E-state index contributed by atoms with van der Waals surface area (Å²) in [5, 5.41) is 3.13. The molecule has 2 aromatic rings. The number of aryl methyl sites for hydroxylation is 1. The van der Waals surface area contributed by atoms with E-state index >= 15 is 0 Å². The average molecular weight is 414 g/mol. The molecule has 0 aromatic heterocycles. The van der Waals surface area contributed by atoms with Crippen LogP contribution in [0, 0.1) is 6.92 Å². The summed E-state index contributed by atoms with van der Waals surface area (Å²) in [5.41, 5.74) is 3.66. The van der Waals surface area contributed by atoms with Crippen molar-refractivity contribution in [2.75, 3.05) is 46.9 Å². The van der Waals surface area contributed by atoms with E-state index in [4.69, 9.17) is 9.47 Å². The van der Waals surface area contributed by atoms with Crippen molar-refractivity contribution in [2.45, 2.75) is 26.4 Å². The number of quaternary nitrogens is 2. The highest BCUT2D eigenvalue weighted by Gasteiger charge is 2.26. The van der Waals surface area contributed by atoms with Gasteiger partial charge >= 0.3 is 0 Å². The third-order valence-electron chi connectivity index (χ3n) is 6.03. The number of benzene rings is 2. The first-order valence-corrected chi connectivity index (χ1v) is 10.7. The van der Waals surface area contributed by atoms with Crippen LogP contribution in [0.5, 0.6) is 11.5 Å². The van der Waals surface area contributed by atoms with Crippen LogP contribution in [0.1, 0.15) is 29.7 Å². The maximum absolute atomic E-state index is 12.5. The van der Waals surface area contributed by atoms with Gasteiger partial charge in [-0.2, -0.15) is 0 Å². The molecule has 1 fully saturated rings. The van der Waals surface area contributed by atoms with Gasteiger partial charge in [-0.1, -0.05) is 30.3 Å². The lowest BCUT2D eigenvalue weighted by molar-refractivity contribution is -1.02. The van der Waals surface area contributed by atoms with Crippen molar-refractivity contribution in [1.82, 2.24) is 5.32 Å². The first-order chi connectivity index (χ1) is 14.5. The maximum atomic E-state index is 12.5. The molecule has 0 unspecified atom stereocenters. The Kier molecular flexibility index (Phi) is 7.71. The fourth-order valence-electron chi connectivity index (χ4n) is 4.14. The normalized spacial score (nSPS) is 19.7. The predicted molar refractivity (Wildman–Crippen MR) is 117 cm³/mol. The minimum Gasteiger partial charge on any atom is -0.493 e. The fraction of sp³-hybridized carbons (Fsp3) is 0.458. The van der Waals surface area contributed by atoms with Crippen LogP contribution in [0.15, 0.2) is 42.5 Å². The standard InChI is InChI=1S/C24H33N3O3/c1-18-14-22(29-3)23(30-4)15-21(18)16-26-10-12-27(13-11-26)17-24(28)25-19(2)20-8-6-5-7-9-20/h5-9,14-15,19H,10-13,16-17H2,1-4H3,(H,25,28)/p+2/t19-/m0/s1. The van der Waals surface area contributed by atoms with E-state index in [1.165, 1.54) is 16.0 Å². The number of piperazine rings is 1. The summed E-state index contributed by atoms with van der Waals surface area (Å²) in [7, 11) is 3.34. The van der Waals surface area contributed by atoms with Gasteiger partial charge in [-0.3, -0.25) is 4.79 Å². The second-order valence-electron chi connectivity index (χ2n) is 8.19. The molecule has 1 aliphatic rings. The van der Waals surface area contributed by atoms with Crippen LogP contribution in [0.2, 0.25) is 0 Å². The molecule has 1 saturated heterocycles. The van der Waals surface area contributed by atoms with E-state index < -0.39 is 0 Å². The maximum Gasteiger partial charge on any atom is 0.275 e. The molecular weight excluding hydrogens is 378 g/mol. The number of amides is 1. The topological polar surface area (TPSA) is 56.4 Å². The quantitative estimate of drug-likeness (QED) is 0.579. The molecule has 1 atom stereocenters. The summed E-state index contributed by atoms with van der Waals surface area (Å²) in [6.45, 7) is 9.81. The molecule has 0 saturated carbocycles. The Hall–Kier alpha value is -2.57. The zero-order valence-corrected chi connectivity index (χ0v) is 18.6. The molecule has 30 heavy (non-hydrogen) atoms. The molecule has 6 heteroatoms. The van der Waals surface area contributed by atoms with Gasteiger partial charge in [-0.25, -0.2) is 0 Å². The molecule has 6 nitrogen and oxygen atoms in total. The number of hydrogen-bond donors (Lipinski definition) is 3. The summed E-state index contributed by atoms with van der Waals surface area (Å²) >= 11 is 0. The van der Waals surface area contributed by atoms with Crippen LogP contribution in [0.4, 0.5) is 0 Å². The van der Waals surface area contributed by atoms with Crippen molar-refractivity contribution in [3.8, 4) is 11.5 Å². The summed E-state index contributed by atoms with van der Waals surface area (Å²) in [5.74, 6) is 1.69. The minimum absolute atomic E-state index is 0.0399. The Morgan fingerprint density at radius 2 is 1.60 bits per heavy atom. The van der Waals surface area contributed by atoms with Gasteiger partial charge in [0.2, 0.25) is 0 Å². The average Bonchev–Trinajstić information content (AvgIpc) is 2.76. The fourth-order valence-corrected chi connectivity index (χ4v) is 4.14. The molecule has 162 valence electrons. The molecule has 2 aromatic carbocycles. The van der Waals surface area contributed by atoms with Crippen LogP contribution in [-0.2, 0) is 11.3 Å². The predicted octanol–water partition coefficient (Wildman–Crippen LogP) is 0.173. The first-order valence-electron chi connectivity index (χ1n) is 10.7. The van der Waals surface area contributed by atoms with Crippen molar-refractivity contribution in [2.24, 2.45) is 0 Å². The van der Waals surface area contributed by atoms with E-state index in [0.29, 0.717) is 6.54 Å². The highest BCUT2D eigenvalue weighted by atomic mass is 16.5. The third kappa shape index (κ3) is 5.74. The Balaban J connectivity index is 1.47. The minimum atomic E-state index is 0.0399. The molecule has 0 bridgehead atoms. The SMILES string of the molecule is COc1cc(C)c(C[NH+]2CC[NH+](CC(=O)N[C@@H](C)c3ccccc3)CC2)cc1OC. The van der Waals surface area contributed by atoms with E-state index in [1.807, 2.05) is 31.2 Å². The number of rotatable bonds is 8. The van der Waals surface area contributed by atoms with E-state index in [2.05, 4.69) is 30.4 Å². The molecule has 0 aliphatic carbocycles. The van der Waals surface area contributed by atoms with Gasteiger partial charge in [0.1, 0.15) is 32.7 Å². The van der Waals surface area contributed by atoms with Gasteiger partial charge in [-0.15, -0.1) is 0 Å². The molecule has 0 spiro atoms. The Morgan fingerprint density at radius 3 is 2.23 bits per heavy atom. The number of nitrogens with one attached hydrogen (secondary N) is 3. The van der Waals surface area contributed by atoms with Crippen molar-refractivity contribution >= 4 is 5.91 Å². The van der Waals surface area contributed by atoms with Gasteiger partial charge in [0, 0.05) is 5.56 Å². The number of carbonyl (C=O) groups is 1. The number of methoxy groups -OCH3 is 2. The van der Waals surface area contributed by atoms with Crippen LogP contribution < -0.4 is 24.6 Å². The number of ether oxygens (including phenoxy) is 2. The largest absolute Gasteiger partial charge is 0.493 e. The molecule has 0 radical (unpaired) electrons. The molecule has 3 N–H and O–H groups in total. The first kappa shape index (κ1) is 22.1. The lowest BCUT2D eigenvalue weighted by Gasteiger charge is -2.30. The highest BCUT2D eigenvalue weighted by Crippen LogP contribution is 2.29. The van der Waals surface area contributed by atoms with E-state index in [0.717, 1.165) is 49.8 Å². The van der Waals surface area contributed by atoms with Gasteiger partial charge in [0.25, 0.3) is 5.91 Å². The van der Waals surface area contributed by atoms with Crippen molar-refractivity contribution in [3.63, 3.8) is 0 Å². The molecule has 1 amide bonds. The molecule has 1 heterocycles. The smallest absolute Gasteiger partial charge is 0.275 e. The lowest BCUT2D eigenvalue weighted by Crippen LogP contribution is -3.28. The second-order valence-corrected chi connectivity index (χ2v) is 8.19. The zero-order valence-electron chi connectivity index (χ0n) is 18.6. The van der Waals surface area contributed by atoms with Crippen LogP contribution in [0.3, 0.4) is 0 Å². The second kappa shape index (κ2) is 10.5. The molecule has 3 rings (SSSR count). The summed E-state index contributed by atoms with van der Waals surface area (Å²) in [6.07, 6.45) is 0. The lowest BCUT2D eigenvalue weighted by atomic mass is 10.1. The van der Waals surface area contributed by atoms with E-state index in [1.54, 1.807) is 19.1 Å². The highest BCUT2D eigenvalue weighted by molar-refractivity contribution is 5.77. The van der Waals surface area contributed by atoms with Crippen molar-refractivity contribution in [1.29, 1.82) is 0 Å². The number of hydrogen-bond acceptors (Lipinski definition) is 3. The van der Waals surface area contributed by atoms with Crippen LogP contribution in [0.25, 0.3) is 0 Å². The van der Waals surface area contributed by atoms with Crippen LogP contribution >= 0.6 is 0 Å². The van der Waals surface area contributed by atoms with Gasteiger partial charge in [0.15, 0.2) is 18.0 Å². The Morgan fingerprint density at radius 1 is 1.00 bits per heavy atom. The third-order valence-corrected chi connectivity index (χ3v) is 6.03. The zero-order chi connectivity index (χ0) is 21.5. The monoisotopic (exact) mass is 413 g/mol.